The van der Waals surface area contributed by atoms with Crippen LogP contribution >= 0.6 is 0 Å². The Bertz CT molecular complexity index is 440. The molecule has 3 heteroatoms. The maximum absolute atomic E-state index is 11.1. The SMILES string of the molecule is CCC(CCCc1cccc(C)c1)CC(C)(N)C(=O)O. The Morgan fingerprint density at radius 2 is 2.15 bits per heavy atom. The first-order valence-electron chi connectivity index (χ1n) is 7.43. The van der Waals surface area contributed by atoms with Crippen LogP contribution in [0.3, 0.4) is 0 Å². The van der Waals surface area contributed by atoms with Crippen LogP contribution in [0.1, 0.15) is 50.7 Å². The summed E-state index contributed by atoms with van der Waals surface area (Å²) < 4.78 is 0. The van der Waals surface area contributed by atoms with E-state index in [9.17, 15) is 4.79 Å². The van der Waals surface area contributed by atoms with Gasteiger partial charge in [0.05, 0.1) is 0 Å². The molecule has 0 heterocycles. The summed E-state index contributed by atoms with van der Waals surface area (Å²) in [5.41, 5.74) is 7.37. The lowest BCUT2D eigenvalue weighted by Gasteiger charge is -2.25. The third kappa shape index (κ3) is 5.33. The van der Waals surface area contributed by atoms with E-state index in [0.717, 1.165) is 25.7 Å². The monoisotopic (exact) mass is 277 g/mol. The Labute approximate surface area is 122 Å². The molecule has 1 aromatic rings. The average Bonchev–Trinajstić information content (AvgIpc) is 2.37. The molecule has 20 heavy (non-hydrogen) atoms. The Morgan fingerprint density at radius 1 is 1.45 bits per heavy atom. The van der Waals surface area contributed by atoms with Gasteiger partial charge in [0.2, 0.25) is 0 Å². The number of carbonyl (C=O) groups is 1. The molecule has 112 valence electrons. The van der Waals surface area contributed by atoms with Gasteiger partial charge in [-0.15, -0.1) is 0 Å². The van der Waals surface area contributed by atoms with Crippen LogP contribution < -0.4 is 5.73 Å². The molecule has 0 radical (unpaired) electrons. The predicted octanol–water partition coefficient (Wildman–Crippen LogP) is 3.54. The maximum Gasteiger partial charge on any atom is 0.323 e. The predicted molar refractivity (Wildman–Crippen MR) is 82.7 cm³/mol. The molecule has 3 N–H and O–H groups in total. The summed E-state index contributed by atoms with van der Waals surface area (Å²) in [4.78, 5) is 11.1. The van der Waals surface area contributed by atoms with Crippen LogP contribution in [-0.2, 0) is 11.2 Å². The zero-order valence-electron chi connectivity index (χ0n) is 12.9. The number of nitrogens with two attached hydrogens (primary N) is 1. The lowest BCUT2D eigenvalue weighted by Crippen LogP contribution is -2.46. The van der Waals surface area contributed by atoms with E-state index >= 15 is 0 Å². The van der Waals surface area contributed by atoms with Gasteiger partial charge in [-0.1, -0.05) is 49.6 Å². The first kappa shape index (κ1) is 16.7. The Balaban J connectivity index is 2.44. The summed E-state index contributed by atoms with van der Waals surface area (Å²) in [7, 11) is 0. The van der Waals surface area contributed by atoms with Crippen molar-refractivity contribution in [2.45, 2.75) is 58.4 Å². The molecule has 0 aliphatic rings. The molecule has 1 aromatic carbocycles. The molecule has 0 spiro atoms. The molecule has 0 aliphatic heterocycles. The second-order valence-corrected chi connectivity index (χ2v) is 6.08. The number of carboxylic acid groups (broad SMARTS) is 1. The molecule has 0 aliphatic carbocycles. The highest BCUT2D eigenvalue weighted by atomic mass is 16.4. The third-order valence-corrected chi connectivity index (χ3v) is 3.94. The highest BCUT2D eigenvalue weighted by molar-refractivity contribution is 5.77. The van der Waals surface area contributed by atoms with E-state index in [0.29, 0.717) is 12.3 Å². The van der Waals surface area contributed by atoms with Crippen molar-refractivity contribution in [1.29, 1.82) is 0 Å². The van der Waals surface area contributed by atoms with Crippen LogP contribution in [0.2, 0.25) is 0 Å². The van der Waals surface area contributed by atoms with Gasteiger partial charge < -0.3 is 10.8 Å². The largest absolute Gasteiger partial charge is 0.480 e. The van der Waals surface area contributed by atoms with Gasteiger partial charge in [-0.2, -0.15) is 0 Å². The average molecular weight is 277 g/mol. The van der Waals surface area contributed by atoms with Crippen molar-refractivity contribution in [3.8, 4) is 0 Å². The molecule has 0 fully saturated rings. The van der Waals surface area contributed by atoms with Crippen molar-refractivity contribution in [2.75, 3.05) is 0 Å². The summed E-state index contributed by atoms with van der Waals surface area (Å²) in [6.45, 7) is 5.82. The molecular weight excluding hydrogens is 250 g/mol. The van der Waals surface area contributed by atoms with E-state index in [1.165, 1.54) is 11.1 Å². The van der Waals surface area contributed by atoms with E-state index in [4.69, 9.17) is 10.8 Å². The fraction of sp³-hybridized carbons (Fsp3) is 0.588. The zero-order chi connectivity index (χ0) is 15.2. The first-order chi connectivity index (χ1) is 9.35. The number of benzene rings is 1. The van der Waals surface area contributed by atoms with Crippen LogP contribution in [-0.4, -0.2) is 16.6 Å². The Morgan fingerprint density at radius 3 is 2.70 bits per heavy atom. The molecule has 0 saturated heterocycles. The minimum atomic E-state index is -1.11. The minimum Gasteiger partial charge on any atom is -0.480 e. The second-order valence-electron chi connectivity index (χ2n) is 6.08. The molecular formula is C17H27NO2. The van der Waals surface area contributed by atoms with Crippen molar-refractivity contribution in [1.82, 2.24) is 0 Å². The molecule has 0 amide bonds. The summed E-state index contributed by atoms with van der Waals surface area (Å²) in [6.07, 6.45) is 4.69. The minimum absolute atomic E-state index is 0.380. The van der Waals surface area contributed by atoms with Crippen molar-refractivity contribution >= 4 is 5.97 Å². The highest BCUT2D eigenvalue weighted by Crippen LogP contribution is 2.23. The van der Waals surface area contributed by atoms with Crippen molar-refractivity contribution in [3.05, 3.63) is 35.4 Å². The quantitative estimate of drug-likeness (QED) is 0.764. The molecule has 0 bridgehead atoms. The van der Waals surface area contributed by atoms with Crippen molar-refractivity contribution in [3.63, 3.8) is 0 Å². The third-order valence-electron chi connectivity index (χ3n) is 3.94. The molecule has 1 rings (SSSR count). The van der Waals surface area contributed by atoms with Crippen molar-refractivity contribution < 1.29 is 9.90 Å². The van der Waals surface area contributed by atoms with E-state index in [1.807, 2.05) is 0 Å². The molecule has 0 aromatic heterocycles. The summed E-state index contributed by atoms with van der Waals surface area (Å²) >= 11 is 0. The summed E-state index contributed by atoms with van der Waals surface area (Å²) in [6, 6.07) is 8.55. The fourth-order valence-corrected chi connectivity index (χ4v) is 2.60. The maximum atomic E-state index is 11.1. The Hall–Kier alpha value is -1.35. The number of hydrogen-bond donors (Lipinski definition) is 2. The second kappa shape index (κ2) is 7.44. The van der Waals surface area contributed by atoms with Crippen LogP contribution in [0.15, 0.2) is 24.3 Å². The standard InChI is InChI=1S/C17H27NO2/c1-4-14(12-17(3,18)16(19)20)8-6-10-15-9-5-7-13(2)11-15/h5,7,9,11,14H,4,6,8,10,12,18H2,1-3H3,(H,19,20). The Kier molecular flexibility index (Phi) is 6.21. The molecule has 3 nitrogen and oxygen atoms in total. The van der Waals surface area contributed by atoms with Crippen LogP contribution in [0.25, 0.3) is 0 Å². The number of aryl methyl sites for hydroxylation is 2. The van der Waals surface area contributed by atoms with Gasteiger partial charge in [0.15, 0.2) is 0 Å². The number of hydrogen-bond acceptors (Lipinski definition) is 2. The summed E-state index contributed by atoms with van der Waals surface area (Å²) in [5.74, 6) is -0.527. The number of rotatable bonds is 8. The molecule has 2 atom stereocenters. The summed E-state index contributed by atoms with van der Waals surface area (Å²) in [5, 5.41) is 9.09. The van der Waals surface area contributed by atoms with Crippen LogP contribution in [0, 0.1) is 12.8 Å². The van der Waals surface area contributed by atoms with E-state index in [-0.39, 0.29) is 0 Å². The topological polar surface area (TPSA) is 63.3 Å². The van der Waals surface area contributed by atoms with Gasteiger partial charge in [-0.05, 0) is 44.6 Å². The van der Waals surface area contributed by atoms with Gasteiger partial charge in [0, 0.05) is 0 Å². The smallest absolute Gasteiger partial charge is 0.323 e. The van der Waals surface area contributed by atoms with E-state index < -0.39 is 11.5 Å². The number of aliphatic carboxylic acids is 1. The van der Waals surface area contributed by atoms with E-state index in [1.54, 1.807) is 6.92 Å². The molecule has 0 saturated carbocycles. The van der Waals surface area contributed by atoms with E-state index in [2.05, 4.69) is 38.1 Å². The van der Waals surface area contributed by atoms with Gasteiger partial charge in [0.25, 0.3) is 0 Å². The number of carboxylic acids is 1. The van der Waals surface area contributed by atoms with Gasteiger partial charge in [-0.3, -0.25) is 4.79 Å². The highest BCUT2D eigenvalue weighted by Gasteiger charge is 2.30. The van der Waals surface area contributed by atoms with Gasteiger partial charge in [0.1, 0.15) is 5.54 Å². The van der Waals surface area contributed by atoms with Gasteiger partial charge in [-0.25, -0.2) is 0 Å². The lowest BCUT2D eigenvalue weighted by molar-refractivity contribution is -0.143. The zero-order valence-corrected chi connectivity index (χ0v) is 12.9. The fourth-order valence-electron chi connectivity index (χ4n) is 2.60. The van der Waals surface area contributed by atoms with Crippen molar-refractivity contribution in [2.24, 2.45) is 11.7 Å². The lowest BCUT2D eigenvalue weighted by atomic mass is 9.85. The van der Waals surface area contributed by atoms with Crippen LogP contribution in [0.5, 0.6) is 0 Å². The normalized spacial score (nSPS) is 15.6. The van der Waals surface area contributed by atoms with Gasteiger partial charge >= 0.3 is 5.97 Å². The van der Waals surface area contributed by atoms with Crippen LogP contribution in [0.4, 0.5) is 0 Å². The first-order valence-corrected chi connectivity index (χ1v) is 7.43. The molecule has 2 unspecified atom stereocenters.